The lowest BCUT2D eigenvalue weighted by molar-refractivity contribution is 0.238. The maximum atomic E-state index is 3.35. The number of aryl methyl sites for hydroxylation is 1. The molecule has 0 aliphatic carbocycles. The van der Waals surface area contributed by atoms with Crippen LogP contribution >= 0.6 is 0 Å². The molecule has 0 atom stereocenters. The van der Waals surface area contributed by atoms with Crippen LogP contribution in [-0.4, -0.2) is 31.1 Å². The fourth-order valence-electron chi connectivity index (χ4n) is 2.28. The van der Waals surface area contributed by atoms with Gasteiger partial charge < -0.3 is 10.2 Å². The van der Waals surface area contributed by atoms with Gasteiger partial charge in [-0.1, -0.05) is 12.1 Å². The number of hydrogen-bond acceptors (Lipinski definition) is 2. The van der Waals surface area contributed by atoms with Crippen molar-refractivity contribution in [3.63, 3.8) is 0 Å². The number of likely N-dealkylation sites (N-methyl/N-ethyl adjacent to an activating group) is 2. The van der Waals surface area contributed by atoms with Gasteiger partial charge in [0.05, 0.1) is 0 Å². The molecular formula is C16H28N2. The zero-order valence-electron chi connectivity index (χ0n) is 13.0. The molecule has 102 valence electrons. The molecule has 0 heterocycles. The predicted molar refractivity (Wildman–Crippen MR) is 80.1 cm³/mol. The highest BCUT2D eigenvalue weighted by Gasteiger charge is 2.17. The molecule has 1 rings (SSSR count). The van der Waals surface area contributed by atoms with E-state index in [1.54, 1.807) is 0 Å². The molecule has 2 heteroatoms. The molecule has 1 aromatic rings. The van der Waals surface area contributed by atoms with Crippen molar-refractivity contribution in [1.29, 1.82) is 0 Å². The minimum Gasteiger partial charge on any atom is -0.314 e. The maximum Gasteiger partial charge on any atom is 0.0249 e. The lowest BCUT2D eigenvalue weighted by Crippen LogP contribution is -2.46. The average Bonchev–Trinajstić information content (AvgIpc) is 2.29. The fourth-order valence-corrected chi connectivity index (χ4v) is 2.28. The first-order chi connectivity index (χ1) is 8.26. The van der Waals surface area contributed by atoms with Crippen molar-refractivity contribution < 1.29 is 0 Å². The normalized spacial score (nSPS) is 12.2. The topological polar surface area (TPSA) is 15.3 Å². The summed E-state index contributed by atoms with van der Waals surface area (Å²) in [5.41, 5.74) is 5.84. The molecule has 0 fully saturated rings. The number of benzene rings is 1. The average molecular weight is 248 g/mol. The zero-order valence-corrected chi connectivity index (χ0v) is 13.0. The Balaban J connectivity index is 2.77. The summed E-state index contributed by atoms with van der Waals surface area (Å²) >= 11 is 0. The van der Waals surface area contributed by atoms with Crippen LogP contribution in [0.3, 0.4) is 0 Å². The minimum atomic E-state index is 0.155. The van der Waals surface area contributed by atoms with Crippen molar-refractivity contribution in [2.75, 3.05) is 20.6 Å². The van der Waals surface area contributed by atoms with E-state index in [9.17, 15) is 0 Å². The Morgan fingerprint density at radius 2 is 1.72 bits per heavy atom. The number of nitrogens with zero attached hydrogens (tertiary/aromatic N) is 1. The molecule has 1 N–H and O–H groups in total. The Kier molecular flexibility index (Phi) is 4.94. The van der Waals surface area contributed by atoms with E-state index in [4.69, 9.17) is 0 Å². The Labute approximate surface area is 112 Å². The molecule has 0 unspecified atom stereocenters. The first kappa shape index (κ1) is 15.2. The maximum absolute atomic E-state index is 3.35. The molecule has 1 aromatic carbocycles. The molecule has 0 aromatic heterocycles. The van der Waals surface area contributed by atoms with Crippen LogP contribution in [0.25, 0.3) is 0 Å². The summed E-state index contributed by atoms with van der Waals surface area (Å²) in [6.45, 7) is 13.1. The highest BCUT2D eigenvalue weighted by atomic mass is 15.1. The Morgan fingerprint density at radius 3 is 2.28 bits per heavy atom. The molecule has 0 amide bonds. The second-order valence-electron chi connectivity index (χ2n) is 6.10. The molecule has 0 radical (unpaired) electrons. The Bertz CT molecular complexity index is 408. The van der Waals surface area contributed by atoms with Gasteiger partial charge in [0.25, 0.3) is 0 Å². The summed E-state index contributed by atoms with van der Waals surface area (Å²) in [4.78, 5) is 2.38. The molecule has 2 nitrogen and oxygen atoms in total. The highest BCUT2D eigenvalue weighted by molar-refractivity contribution is 5.38. The van der Waals surface area contributed by atoms with Crippen LogP contribution in [0, 0.1) is 20.8 Å². The Morgan fingerprint density at radius 1 is 1.11 bits per heavy atom. The second-order valence-corrected chi connectivity index (χ2v) is 6.10. The summed E-state index contributed by atoms with van der Waals surface area (Å²) in [7, 11) is 4.21. The monoisotopic (exact) mass is 248 g/mol. The number of nitrogens with one attached hydrogen (secondary N) is 1. The van der Waals surface area contributed by atoms with Crippen molar-refractivity contribution in [1.82, 2.24) is 10.2 Å². The summed E-state index contributed by atoms with van der Waals surface area (Å²) in [6.07, 6.45) is 0. The SMILES string of the molecule is CNC(C)(C)CN(C)Cc1ccc(C)c(C)c1C. The third-order valence-corrected chi connectivity index (χ3v) is 3.95. The molecule has 0 bridgehead atoms. The second kappa shape index (κ2) is 5.85. The van der Waals surface area contributed by atoms with Gasteiger partial charge in [-0.3, -0.25) is 0 Å². The van der Waals surface area contributed by atoms with Gasteiger partial charge in [-0.2, -0.15) is 0 Å². The van der Waals surface area contributed by atoms with E-state index in [-0.39, 0.29) is 5.54 Å². The molecule has 0 saturated carbocycles. The Hall–Kier alpha value is -0.860. The third-order valence-electron chi connectivity index (χ3n) is 3.95. The molecule has 0 saturated heterocycles. The van der Waals surface area contributed by atoms with Crippen molar-refractivity contribution in [3.8, 4) is 0 Å². The number of hydrogen-bond donors (Lipinski definition) is 1. The first-order valence-corrected chi connectivity index (χ1v) is 6.70. The van der Waals surface area contributed by atoms with Gasteiger partial charge in [-0.05, 0) is 71.0 Å². The van der Waals surface area contributed by atoms with Crippen LogP contribution < -0.4 is 5.32 Å². The molecular weight excluding hydrogens is 220 g/mol. The van der Waals surface area contributed by atoms with Crippen LogP contribution in [0.15, 0.2) is 12.1 Å². The third kappa shape index (κ3) is 3.82. The van der Waals surface area contributed by atoms with Crippen molar-refractivity contribution in [2.24, 2.45) is 0 Å². The largest absolute Gasteiger partial charge is 0.314 e. The van der Waals surface area contributed by atoms with Gasteiger partial charge in [0, 0.05) is 18.6 Å². The summed E-state index contributed by atoms with van der Waals surface area (Å²) in [5.74, 6) is 0. The van der Waals surface area contributed by atoms with Gasteiger partial charge >= 0.3 is 0 Å². The van der Waals surface area contributed by atoms with Gasteiger partial charge in [-0.15, -0.1) is 0 Å². The van der Waals surface area contributed by atoms with Crippen molar-refractivity contribution >= 4 is 0 Å². The van der Waals surface area contributed by atoms with Crippen LogP contribution in [0.4, 0.5) is 0 Å². The van der Waals surface area contributed by atoms with Crippen LogP contribution in [-0.2, 0) is 6.54 Å². The highest BCUT2D eigenvalue weighted by Crippen LogP contribution is 2.19. The molecule has 0 spiro atoms. The van der Waals surface area contributed by atoms with Gasteiger partial charge in [0.15, 0.2) is 0 Å². The van der Waals surface area contributed by atoms with Crippen LogP contribution in [0.2, 0.25) is 0 Å². The van der Waals surface area contributed by atoms with Crippen LogP contribution in [0.5, 0.6) is 0 Å². The molecule has 0 aliphatic heterocycles. The smallest absolute Gasteiger partial charge is 0.0249 e. The van der Waals surface area contributed by atoms with Gasteiger partial charge in [0.2, 0.25) is 0 Å². The van der Waals surface area contributed by atoms with Gasteiger partial charge in [-0.25, -0.2) is 0 Å². The van der Waals surface area contributed by atoms with E-state index in [0.717, 1.165) is 13.1 Å². The summed E-state index contributed by atoms with van der Waals surface area (Å²) in [5, 5.41) is 3.35. The molecule has 0 aliphatic rings. The lowest BCUT2D eigenvalue weighted by Gasteiger charge is -2.30. The van der Waals surface area contributed by atoms with Gasteiger partial charge in [0.1, 0.15) is 0 Å². The van der Waals surface area contributed by atoms with E-state index in [0.29, 0.717) is 0 Å². The summed E-state index contributed by atoms with van der Waals surface area (Å²) in [6, 6.07) is 4.50. The predicted octanol–water partition coefficient (Wildman–Crippen LogP) is 3.04. The van der Waals surface area contributed by atoms with E-state index in [1.807, 2.05) is 7.05 Å². The van der Waals surface area contributed by atoms with E-state index < -0.39 is 0 Å². The van der Waals surface area contributed by atoms with E-state index in [2.05, 4.69) is 64.0 Å². The van der Waals surface area contributed by atoms with E-state index in [1.165, 1.54) is 22.3 Å². The van der Waals surface area contributed by atoms with E-state index >= 15 is 0 Å². The lowest BCUT2D eigenvalue weighted by atomic mass is 9.98. The van der Waals surface area contributed by atoms with Crippen molar-refractivity contribution in [3.05, 3.63) is 34.4 Å². The molecule has 18 heavy (non-hydrogen) atoms. The summed E-state index contributed by atoms with van der Waals surface area (Å²) < 4.78 is 0. The fraction of sp³-hybridized carbons (Fsp3) is 0.625. The first-order valence-electron chi connectivity index (χ1n) is 6.70. The number of rotatable bonds is 5. The van der Waals surface area contributed by atoms with Crippen LogP contribution in [0.1, 0.15) is 36.1 Å². The zero-order chi connectivity index (χ0) is 13.9. The standard InChI is InChI=1S/C16H28N2/c1-12-8-9-15(14(3)13(12)2)10-18(7)11-16(4,5)17-6/h8-9,17H,10-11H2,1-7H3. The quantitative estimate of drug-likeness (QED) is 0.861. The van der Waals surface area contributed by atoms with Crippen molar-refractivity contribution in [2.45, 2.75) is 46.7 Å². The minimum absolute atomic E-state index is 0.155.